The van der Waals surface area contributed by atoms with Gasteiger partial charge >= 0.3 is 5.97 Å². The van der Waals surface area contributed by atoms with Gasteiger partial charge in [-0.2, -0.15) is 5.10 Å². The van der Waals surface area contributed by atoms with E-state index in [0.717, 1.165) is 11.3 Å². The molecule has 9 nitrogen and oxygen atoms in total. The molecule has 0 unspecified atom stereocenters. The molecule has 1 saturated heterocycles. The molecule has 0 bridgehead atoms. The van der Waals surface area contributed by atoms with Gasteiger partial charge in [-0.1, -0.05) is 18.2 Å². The Hall–Kier alpha value is -2.72. The number of methoxy groups -OCH3 is 1. The Kier molecular flexibility index (Phi) is 6.80. The van der Waals surface area contributed by atoms with Crippen LogP contribution in [-0.4, -0.2) is 60.8 Å². The Morgan fingerprint density at radius 2 is 1.84 bits per heavy atom. The number of carbonyl (C=O) groups excluding carboxylic acids is 2. The van der Waals surface area contributed by atoms with Crippen LogP contribution in [0.15, 0.2) is 24.3 Å². The summed E-state index contributed by atoms with van der Waals surface area (Å²) in [7, 11) is -1.89. The van der Waals surface area contributed by atoms with Gasteiger partial charge in [0, 0.05) is 19.0 Å². The summed E-state index contributed by atoms with van der Waals surface area (Å²) in [5.74, 6) is -0.792. The molecule has 1 aromatic heterocycles. The van der Waals surface area contributed by atoms with Gasteiger partial charge in [-0.15, -0.1) is 0 Å². The molecule has 1 aromatic carbocycles. The maximum absolute atomic E-state index is 12.8. The van der Waals surface area contributed by atoms with Gasteiger partial charge in [-0.3, -0.25) is 9.48 Å². The second-order valence-electron chi connectivity index (χ2n) is 7.78. The average Bonchev–Trinajstić information content (AvgIpc) is 3.00. The minimum Gasteiger partial charge on any atom is -0.465 e. The zero-order chi connectivity index (χ0) is 22.8. The number of anilines is 1. The summed E-state index contributed by atoms with van der Waals surface area (Å²) in [4.78, 5) is 24.8. The molecule has 31 heavy (non-hydrogen) atoms. The minimum absolute atomic E-state index is 0.131. The average molecular weight is 449 g/mol. The van der Waals surface area contributed by atoms with Crippen molar-refractivity contribution in [1.82, 2.24) is 14.1 Å². The largest absolute Gasteiger partial charge is 0.465 e. The van der Waals surface area contributed by atoms with Crippen LogP contribution < -0.4 is 5.32 Å². The number of ether oxygens (including phenoxy) is 1. The monoisotopic (exact) mass is 448 g/mol. The van der Waals surface area contributed by atoms with E-state index in [0.29, 0.717) is 49.4 Å². The van der Waals surface area contributed by atoms with Crippen LogP contribution in [0.5, 0.6) is 0 Å². The van der Waals surface area contributed by atoms with Gasteiger partial charge in [0.15, 0.2) is 0 Å². The number of rotatable bonds is 6. The summed E-state index contributed by atoms with van der Waals surface area (Å²) < 4.78 is 31.3. The SMILES string of the molecule is COC(=O)c1ccccc1Cn1nc(C)c(NC(=O)C2CCN(S(C)(=O)=O)CC2)c1C. The number of hydrogen-bond donors (Lipinski definition) is 1. The quantitative estimate of drug-likeness (QED) is 0.676. The molecule has 2 aromatic rings. The molecule has 0 aliphatic carbocycles. The van der Waals surface area contributed by atoms with E-state index in [2.05, 4.69) is 10.4 Å². The van der Waals surface area contributed by atoms with Gasteiger partial charge in [0.1, 0.15) is 0 Å². The molecule has 0 radical (unpaired) electrons. The highest BCUT2D eigenvalue weighted by molar-refractivity contribution is 7.88. The number of aryl methyl sites for hydroxylation is 1. The highest BCUT2D eigenvalue weighted by atomic mass is 32.2. The number of hydrogen-bond acceptors (Lipinski definition) is 6. The van der Waals surface area contributed by atoms with Crippen molar-refractivity contribution in [1.29, 1.82) is 0 Å². The molecule has 1 aliphatic rings. The lowest BCUT2D eigenvalue weighted by atomic mass is 9.97. The predicted octanol–water partition coefficient (Wildman–Crippen LogP) is 1.94. The van der Waals surface area contributed by atoms with E-state index < -0.39 is 16.0 Å². The summed E-state index contributed by atoms with van der Waals surface area (Å²) in [6.45, 7) is 4.73. The molecule has 1 aliphatic heterocycles. The highest BCUT2D eigenvalue weighted by Gasteiger charge is 2.29. The molecule has 0 spiro atoms. The number of nitrogens with zero attached hydrogens (tertiary/aromatic N) is 3. The van der Waals surface area contributed by atoms with E-state index in [4.69, 9.17) is 4.74 Å². The van der Waals surface area contributed by atoms with Gasteiger partial charge in [0.2, 0.25) is 15.9 Å². The van der Waals surface area contributed by atoms with E-state index in [1.807, 2.05) is 26.0 Å². The highest BCUT2D eigenvalue weighted by Crippen LogP contribution is 2.25. The van der Waals surface area contributed by atoms with Crippen molar-refractivity contribution in [2.45, 2.75) is 33.2 Å². The molecule has 2 heterocycles. The molecule has 0 saturated carbocycles. The Balaban J connectivity index is 1.73. The van der Waals surface area contributed by atoms with E-state index in [-0.39, 0.29) is 11.8 Å². The van der Waals surface area contributed by atoms with Crippen LogP contribution in [0.25, 0.3) is 0 Å². The van der Waals surface area contributed by atoms with Crippen molar-refractivity contribution in [2.75, 3.05) is 31.8 Å². The normalized spacial score (nSPS) is 15.6. The van der Waals surface area contributed by atoms with Crippen molar-refractivity contribution in [2.24, 2.45) is 5.92 Å². The van der Waals surface area contributed by atoms with Crippen molar-refractivity contribution < 1.29 is 22.7 Å². The van der Waals surface area contributed by atoms with Crippen LogP contribution in [-0.2, 0) is 26.1 Å². The Bertz CT molecular complexity index is 1090. The molecule has 0 atom stereocenters. The van der Waals surface area contributed by atoms with Crippen LogP contribution in [0.2, 0.25) is 0 Å². The summed E-state index contributed by atoms with van der Waals surface area (Å²) in [5, 5.41) is 7.51. The molecule has 1 amide bonds. The molecule has 1 fully saturated rings. The number of piperidine rings is 1. The Morgan fingerprint density at radius 1 is 1.19 bits per heavy atom. The first-order valence-corrected chi connectivity index (χ1v) is 11.9. The van der Waals surface area contributed by atoms with E-state index in [9.17, 15) is 18.0 Å². The maximum Gasteiger partial charge on any atom is 0.338 e. The fourth-order valence-corrected chi connectivity index (χ4v) is 4.71. The smallest absolute Gasteiger partial charge is 0.338 e. The minimum atomic E-state index is -3.23. The molecular weight excluding hydrogens is 420 g/mol. The second-order valence-corrected chi connectivity index (χ2v) is 9.76. The maximum atomic E-state index is 12.8. The van der Waals surface area contributed by atoms with Gasteiger partial charge in [-0.25, -0.2) is 17.5 Å². The number of carbonyl (C=O) groups is 2. The van der Waals surface area contributed by atoms with E-state index in [1.165, 1.54) is 17.7 Å². The lowest BCUT2D eigenvalue weighted by molar-refractivity contribution is -0.120. The first kappa shape index (κ1) is 23.0. The standard InChI is InChI=1S/C21H28N4O5S/c1-14-19(22-20(26)16-9-11-24(12-10-16)31(4,28)29)15(2)25(23-14)13-17-7-5-6-8-18(17)21(27)30-3/h5-8,16H,9-13H2,1-4H3,(H,22,26). The van der Waals surface area contributed by atoms with Crippen molar-refractivity contribution in [3.05, 3.63) is 46.8 Å². The van der Waals surface area contributed by atoms with Crippen LogP contribution in [0.1, 0.15) is 40.2 Å². The third-order valence-electron chi connectivity index (χ3n) is 5.67. The molecule has 3 rings (SSSR count). The number of benzene rings is 1. The third kappa shape index (κ3) is 5.13. The predicted molar refractivity (Wildman–Crippen MR) is 116 cm³/mol. The summed E-state index contributed by atoms with van der Waals surface area (Å²) in [6.07, 6.45) is 2.15. The van der Waals surface area contributed by atoms with Crippen LogP contribution in [0.4, 0.5) is 5.69 Å². The van der Waals surface area contributed by atoms with Crippen molar-refractivity contribution >= 4 is 27.6 Å². The summed E-state index contributed by atoms with van der Waals surface area (Å²) in [6, 6.07) is 7.17. The summed E-state index contributed by atoms with van der Waals surface area (Å²) >= 11 is 0. The number of nitrogens with one attached hydrogen (secondary N) is 1. The van der Waals surface area contributed by atoms with Gasteiger partial charge < -0.3 is 10.1 Å². The lowest BCUT2D eigenvalue weighted by Gasteiger charge is -2.29. The van der Waals surface area contributed by atoms with Gasteiger partial charge in [0.05, 0.1) is 42.5 Å². The zero-order valence-electron chi connectivity index (χ0n) is 18.2. The van der Waals surface area contributed by atoms with Crippen molar-refractivity contribution in [3.63, 3.8) is 0 Å². The number of amides is 1. The van der Waals surface area contributed by atoms with Crippen molar-refractivity contribution in [3.8, 4) is 0 Å². The van der Waals surface area contributed by atoms with Crippen LogP contribution in [0, 0.1) is 19.8 Å². The molecule has 10 heteroatoms. The van der Waals surface area contributed by atoms with Gasteiger partial charge in [0.25, 0.3) is 0 Å². The number of sulfonamides is 1. The molecule has 168 valence electrons. The second kappa shape index (κ2) is 9.19. The third-order valence-corrected chi connectivity index (χ3v) is 6.97. The Labute approximate surface area is 182 Å². The van der Waals surface area contributed by atoms with Gasteiger partial charge in [-0.05, 0) is 38.3 Å². The number of esters is 1. The fourth-order valence-electron chi connectivity index (χ4n) is 3.84. The molecule has 1 N–H and O–H groups in total. The Morgan fingerprint density at radius 3 is 2.45 bits per heavy atom. The fraction of sp³-hybridized carbons (Fsp3) is 0.476. The van der Waals surface area contributed by atoms with E-state index >= 15 is 0 Å². The van der Waals surface area contributed by atoms with Crippen LogP contribution >= 0.6 is 0 Å². The summed E-state index contributed by atoms with van der Waals surface area (Å²) in [5.41, 5.74) is 3.34. The lowest BCUT2D eigenvalue weighted by Crippen LogP contribution is -2.41. The number of aromatic nitrogens is 2. The van der Waals surface area contributed by atoms with Crippen LogP contribution in [0.3, 0.4) is 0 Å². The first-order valence-electron chi connectivity index (χ1n) is 10.1. The topological polar surface area (TPSA) is 111 Å². The van der Waals surface area contributed by atoms with E-state index in [1.54, 1.807) is 16.8 Å². The molecular formula is C21H28N4O5S. The zero-order valence-corrected chi connectivity index (χ0v) is 19.0. The first-order chi connectivity index (χ1) is 14.6.